The number of para-hydroxylation sites is 1. The van der Waals surface area contributed by atoms with Gasteiger partial charge >= 0.3 is 0 Å². The van der Waals surface area contributed by atoms with Crippen molar-refractivity contribution in [2.75, 3.05) is 0 Å². The number of fused-ring (bicyclic) bond motifs is 7. The van der Waals surface area contributed by atoms with Crippen LogP contribution in [0, 0.1) is 0 Å². The van der Waals surface area contributed by atoms with Crippen LogP contribution in [0.5, 0.6) is 0 Å². The highest BCUT2D eigenvalue weighted by atomic mass is 16.3. The van der Waals surface area contributed by atoms with E-state index in [-0.39, 0.29) is 0 Å². The van der Waals surface area contributed by atoms with Crippen LogP contribution in [0.2, 0.25) is 0 Å². The molecule has 0 amide bonds. The number of benzene rings is 11. The molecule has 0 N–H and O–H groups in total. The quantitative estimate of drug-likeness (QED) is 0.160. The standard InChI is InChI=1S/C58H36O/c1-3-17-37(18-4-1)39-21-15-22-40(35-39)55-43-23-7-9-25-45(43)56(46-26-10-8-24-44(46)55)41-33-34-42-51-31-16-32-52(58(51)59-53(42)36-41)57-49-29-13-11-27-47(49)54(38-19-5-2-6-20-38)48-28-12-14-30-50(48)57/h1-36H. The van der Waals surface area contributed by atoms with Crippen molar-refractivity contribution in [3.63, 3.8) is 0 Å². The fourth-order valence-corrected chi connectivity index (χ4v) is 9.72. The third-order valence-electron chi connectivity index (χ3n) is 12.2. The Morgan fingerprint density at radius 3 is 1.15 bits per heavy atom. The van der Waals surface area contributed by atoms with Crippen molar-refractivity contribution in [2.45, 2.75) is 0 Å². The predicted molar refractivity (Wildman–Crippen MR) is 251 cm³/mol. The van der Waals surface area contributed by atoms with Crippen LogP contribution < -0.4 is 0 Å². The molecule has 274 valence electrons. The van der Waals surface area contributed by atoms with Crippen LogP contribution in [-0.4, -0.2) is 0 Å². The number of rotatable bonds is 5. The fraction of sp³-hybridized carbons (Fsp3) is 0. The van der Waals surface area contributed by atoms with E-state index in [1.54, 1.807) is 0 Å². The molecule has 0 bridgehead atoms. The molecule has 0 aliphatic heterocycles. The Hall–Kier alpha value is -7.74. The van der Waals surface area contributed by atoms with Gasteiger partial charge in [-0.1, -0.05) is 200 Å². The van der Waals surface area contributed by atoms with E-state index in [1.165, 1.54) is 87.6 Å². The first-order valence-electron chi connectivity index (χ1n) is 20.3. The van der Waals surface area contributed by atoms with Crippen LogP contribution in [-0.2, 0) is 0 Å². The summed E-state index contributed by atoms with van der Waals surface area (Å²) in [5, 5.41) is 12.0. The van der Waals surface area contributed by atoms with Gasteiger partial charge in [0.15, 0.2) is 0 Å². The highest BCUT2D eigenvalue weighted by Gasteiger charge is 2.22. The maximum absolute atomic E-state index is 7.09. The van der Waals surface area contributed by atoms with Gasteiger partial charge < -0.3 is 4.42 Å². The van der Waals surface area contributed by atoms with Gasteiger partial charge in [-0.15, -0.1) is 0 Å². The fourth-order valence-electron chi connectivity index (χ4n) is 9.72. The lowest BCUT2D eigenvalue weighted by atomic mass is 9.85. The molecule has 0 atom stereocenters. The highest BCUT2D eigenvalue weighted by Crippen LogP contribution is 2.48. The summed E-state index contributed by atoms with van der Waals surface area (Å²) >= 11 is 0. The summed E-state index contributed by atoms with van der Waals surface area (Å²) < 4.78 is 7.09. The average molecular weight is 749 g/mol. The third kappa shape index (κ3) is 5.25. The van der Waals surface area contributed by atoms with Crippen LogP contribution in [0.1, 0.15) is 0 Å². The lowest BCUT2D eigenvalue weighted by Gasteiger charge is -2.18. The Balaban J connectivity index is 1.08. The second-order valence-electron chi connectivity index (χ2n) is 15.5. The molecule has 1 heterocycles. The molecule has 1 heteroatoms. The lowest BCUT2D eigenvalue weighted by molar-refractivity contribution is 0.670. The molecule has 1 aromatic heterocycles. The summed E-state index contributed by atoms with van der Waals surface area (Å²) in [4.78, 5) is 0. The molecule has 0 spiro atoms. The van der Waals surface area contributed by atoms with E-state index in [4.69, 9.17) is 4.42 Å². The second kappa shape index (κ2) is 13.4. The Bertz CT molecular complexity index is 3480. The van der Waals surface area contributed by atoms with Crippen molar-refractivity contribution in [3.05, 3.63) is 218 Å². The van der Waals surface area contributed by atoms with Crippen LogP contribution in [0.25, 0.3) is 121 Å². The molecule has 11 aromatic carbocycles. The molecule has 1 nitrogen and oxygen atoms in total. The molecule has 0 aliphatic carbocycles. The van der Waals surface area contributed by atoms with E-state index >= 15 is 0 Å². The first-order chi connectivity index (χ1) is 29.3. The van der Waals surface area contributed by atoms with Crippen LogP contribution >= 0.6 is 0 Å². The van der Waals surface area contributed by atoms with Gasteiger partial charge in [0.25, 0.3) is 0 Å². The van der Waals surface area contributed by atoms with Gasteiger partial charge in [0, 0.05) is 21.9 Å². The molecule has 12 aromatic rings. The summed E-state index contributed by atoms with van der Waals surface area (Å²) in [5.74, 6) is 0. The summed E-state index contributed by atoms with van der Waals surface area (Å²) in [6.45, 7) is 0. The minimum absolute atomic E-state index is 0.882. The van der Waals surface area contributed by atoms with Crippen molar-refractivity contribution in [2.24, 2.45) is 0 Å². The van der Waals surface area contributed by atoms with Gasteiger partial charge in [-0.25, -0.2) is 0 Å². The van der Waals surface area contributed by atoms with Crippen molar-refractivity contribution < 1.29 is 4.42 Å². The zero-order chi connectivity index (χ0) is 38.9. The summed E-state index contributed by atoms with van der Waals surface area (Å²) in [6.07, 6.45) is 0. The van der Waals surface area contributed by atoms with Gasteiger partial charge in [-0.2, -0.15) is 0 Å². The monoisotopic (exact) mass is 748 g/mol. The van der Waals surface area contributed by atoms with E-state index in [0.29, 0.717) is 0 Å². The number of furan rings is 1. The highest BCUT2D eigenvalue weighted by molar-refractivity contribution is 6.25. The van der Waals surface area contributed by atoms with E-state index in [0.717, 1.165) is 33.1 Å². The molecule has 0 aliphatic rings. The van der Waals surface area contributed by atoms with Crippen LogP contribution in [0.3, 0.4) is 0 Å². The normalized spacial score (nSPS) is 11.7. The molecular formula is C58H36O. The minimum atomic E-state index is 0.882. The van der Waals surface area contributed by atoms with Crippen LogP contribution in [0.4, 0.5) is 0 Å². The Kier molecular flexibility index (Phi) is 7.61. The predicted octanol–water partition coefficient (Wildman–Crippen LogP) is 16.5. The zero-order valence-corrected chi connectivity index (χ0v) is 32.2. The maximum atomic E-state index is 7.09. The van der Waals surface area contributed by atoms with Gasteiger partial charge in [-0.3, -0.25) is 0 Å². The summed E-state index contributed by atoms with van der Waals surface area (Å²) in [7, 11) is 0. The molecule has 0 saturated heterocycles. The van der Waals surface area contributed by atoms with Gasteiger partial charge in [0.05, 0.1) is 0 Å². The van der Waals surface area contributed by atoms with E-state index in [2.05, 4.69) is 218 Å². The molecular weight excluding hydrogens is 713 g/mol. The summed E-state index contributed by atoms with van der Waals surface area (Å²) in [5.41, 5.74) is 13.8. The van der Waals surface area contributed by atoms with Gasteiger partial charge in [0.2, 0.25) is 0 Å². The van der Waals surface area contributed by atoms with Crippen molar-refractivity contribution in [1.82, 2.24) is 0 Å². The SMILES string of the molecule is c1ccc(-c2cccc(-c3c4ccccc4c(-c4ccc5c(c4)oc4c(-c6c7ccccc7c(-c7ccccc7)c7ccccc67)cccc45)c4ccccc34)c2)cc1. The van der Waals surface area contributed by atoms with E-state index in [9.17, 15) is 0 Å². The van der Waals surface area contributed by atoms with Gasteiger partial charge in [0.1, 0.15) is 11.2 Å². The average Bonchev–Trinajstić information content (AvgIpc) is 3.69. The number of hydrogen-bond donors (Lipinski definition) is 0. The first kappa shape index (κ1) is 33.4. The molecule has 59 heavy (non-hydrogen) atoms. The molecule has 12 rings (SSSR count). The Labute approximate surface area is 342 Å². The molecule has 0 radical (unpaired) electrons. The van der Waals surface area contributed by atoms with Crippen molar-refractivity contribution in [1.29, 1.82) is 0 Å². The smallest absolute Gasteiger partial charge is 0.143 e. The zero-order valence-electron chi connectivity index (χ0n) is 32.2. The second-order valence-corrected chi connectivity index (χ2v) is 15.5. The van der Waals surface area contributed by atoms with Crippen LogP contribution in [0.15, 0.2) is 223 Å². The molecule has 0 saturated carbocycles. The number of hydrogen-bond acceptors (Lipinski definition) is 1. The van der Waals surface area contributed by atoms with Crippen molar-refractivity contribution >= 4 is 65.0 Å². The maximum Gasteiger partial charge on any atom is 0.143 e. The third-order valence-corrected chi connectivity index (χ3v) is 12.2. The minimum Gasteiger partial charge on any atom is -0.455 e. The topological polar surface area (TPSA) is 13.1 Å². The first-order valence-corrected chi connectivity index (χ1v) is 20.3. The Morgan fingerprint density at radius 1 is 0.220 bits per heavy atom. The van der Waals surface area contributed by atoms with E-state index in [1.807, 2.05) is 0 Å². The van der Waals surface area contributed by atoms with Crippen molar-refractivity contribution in [3.8, 4) is 55.6 Å². The largest absolute Gasteiger partial charge is 0.455 e. The van der Waals surface area contributed by atoms with Gasteiger partial charge in [-0.05, 0) is 106 Å². The van der Waals surface area contributed by atoms with E-state index < -0.39 is 0 Å². The molecule has 0 unspecified atom stereocenters. The summed E-state index contributed by atoms with van der Waals surface area (Å²) in [6, 6.07) is 79.2. The Morgan fingerprint density at radius 2 is 0.610 bits per heavy atom. The lowest BCUT2D eigenvalue weighted by Crippen LogP contribution is -1.91. The molecule has 0 fully saturated rings.